The summed E-state index contributed by atoms with van der Waals surface area (Å²) in [6, 6.07) is 1.57. The maximum Gasteiger partial charge on any atom is 0.343 e. The summed E-state index contributed by atoms with van der Waals surface area (Å²) in [6.45, 7) is 2.98. The highest BCUT2D eigenvalue weighted by Gasteiger charge is 2.45. The first-order valence-electron chi connectivity index (χ1n) is 4.29. The number of esters is 1. The molecule has 0 aromatic heterocycles. The third kappa shape index (κ3) is 3.69. The predicted molar refractivity (Wildman–Crippen MR) is 55.8 cm³/mol. The van der Waals surface area contributed by atoms with Crippen molar-refractivity contribution in [3.63, 3.8) is 0 Å². The van der Waals surface area contributed by atoms with Crippen LogP contribution >= 0.6 is 23.2 Å². The zero-order valence-electron chi connectivity index (χ0n) is 8.42. The summed E-state index contributed by atoms with van der Waals surface area (Å²) in [6.07, 6.45) is -0.155. The Bertz CT molecular complexity index is 300. The average Bonchev–Trinajstić information content (AvgIpc) is 2.15. The highest BCUT2D eigenvalue weighted by Crippen LogP contribution is 2.28. The highest BCUT2D eigenvalue weighted by molar-refractivity contribution is 6.42. The van der Waals surface area contributed by atoms with E-state index in [4.69, 9.17) is 28.5 Å². The van der Waals surface area contributed by atoms with Crippen LogP contribution in [0.3, 0.4) is 0 Å². The van der Waals surface area contributed by atoms with Crippen LogP contribution < -0.4 is 0 Å². The fourth-order valence-electron chi connectivity index (χ4n) is 0.873. The number of ether oxygens (including phenoxy) is 1. The summed E-state index contributed by atoms with van der Waals surface area (Å²) >= 11 is 11.5. The van der Waals surface area contributed by atoms with Gasteiger partial charge in [0.2, 0.25) is 4.87 Å². The first-order valence-corrected chi connectivity index (χ1v) is 5.10. The minimum Gasteiger partial charge on any atom is -0.464 e. The van der Waals surface area contributed by atoms with Gasteiger partial charge in [-0.3, -0.25) is 4.79 Å². The van der Waals surface area contributed by atoms with Crippen molar-refractivity contribution < 1.29 is 14.3 Å². The fourth-order valence-corrected chi connectivity index (χ4v) is 1.36. The van der Waals surface area contributed by atoms with Crippen LogP contribution in [0.2, 0.25) is 0 Å². The van der Waals surface area contributed by atoms with Crippen molar-refractivity contribution in [2.75, 3.05) is 6.61 Å². The van der Waals surface area contributed by atoms with E-state index in [2.05, 4.69) is 4.74 Å². The molecule has 2 unspecified atom stereocenters. The van der Waals surface area contributed by atoms with Crippen LogP contribution in [0.4, 0.5) is 0 Å². The molecule has 0 amide bonds. The van der Waals surface area contributed by atoms with Crippen molar-refractivity contribution >= 4 is 35.0 Å². The summed E-state index contributed by atoms with van der Waals surface area (Å²) < 4.78 is 4.61. The molecule has 0 spiro atoms. The molecule has 0 aliphatic heterocycles. The first kappa shape index (κ1) is 14.2. The van der Waals surface area contributed by atoms with Crippen molar-refractivity contribution in [2.24, 2.45) is 0 Å². The van der Waals surface area contributed by atoms with Crippen LogP contribution in [0.1, 0.15) is 20.3 Å². The number of nitriles is 1. The molecule has 6 heteroatoms. The van der Waals surface area contributed by atoms with E-state index < -0.39 is 16.2 Å². The third-order valence-corrected chi connectivity index (χ3v) is 2.73. The van der Waals surface area contributed by atoms with Gasteiger partial charge in [0.15, 0.2) is 0 Å². The Morgan fingerprint density at radius 1 is 1.60 bits per heavy atom. The lowest BCUT2D eigenvalue weighted by Crippen LogP contribution is -2.42. The number of alkyl halides is 2. The maximum absolute atomic E-state index is 11.3. The van der Waals surface area contributed by atoms with E-state index in [-0.39, 0.29) is 18.8 Å². The molecule has 0 aliphatic carbocycles. The van der Waals surface area contributed by atoms with E-state index in [0.29, 0.717) is 0 Å². The number of carbonyl (C=O) groups excluding carboxylic acids is 2. The SMILES string of the molecule is CCOC(=O)C(Cl)(C#N)C(Cl)CC(C)=O. The number of hydrogen-bond donors (Lipinski definition) is 0. The average molecular weight is 252 g/mol. The molecule has 84 valence electrons. The molecule has 15 heavy (non-hydrogen) atoms. The lowest BCUT2D eigenvalue weighted by atomic mass is 10.0. The van der Waals surface area contributed by atoms with Gasteiger partial charge in [-0.1, -0.05) is 11.6 Å². The standard InChI is InChI=1S/C9H11Cl2NO3/c1-3-15-8(14)9(11,5-12)7(10)4-6(2)13/h7H,3-4H2,1-2H3. The van der Waals surface area contributed by atoms with Gasteiger partial charge >= 0.3 is 5.97 Å². The third-order valence-electron chi connectivity index (χ3n) is 1.63. The summed E-state index contributed by atoms with van der Waals surface area (Å²) in [7, 11) is 0. The van der Waals surface area contributed by atoms with E-state index in [1.54, 1.807) is 13.0 Å². The number of halogens is 2. The van der Waals surface area contributed by atoms with Gasteiger partial charge in [0, 0.05) is 6.42 Å². The zero-order chi connectivity index (χ0) is 12.1. The van der Waals surface area contributed by atoms with E-state index in [1.165, 1.54) is 6.92 Å². The van der Waals surface area contributed by atoms with Crippen LogP contribution in [0.15, 0.2) is 0 Å². The predicted octanol–water partition coefficient (Wildman–Crippen LogP) is 1.64. The Morgan fingerprint density at radius 3 is 2.47 bits per heavy atom. The molecule has 0 rings (SSSR count). The normalized spacial score (nSPS) is 15.9. The topological polar surface area (TPSA) is 67.2 Å². The smallest absolute Gasteiger partial charge is 0.343 e. The number of Topliss-reactive ketones (excluding diaryl/α,β-unsaturated/α-hetero) is 1. The van der Waals surface area contributed by atoms with Crippen molar-refractivity contribution in [1.82, 2.24) is 0 Å². The molecular weight excluding hydrogens is 241 g/mol. The van der Waals surface area contributed by atoms with E-state index in [1.807, 2.05) is 0 Å². The number of hydrogen-bond acceptors (Lipinski definition) is 4. The van der Waals surface area contributed by atoms with Gasteiger partial charge < -0.3 is 4.74 Å². The molecule has 0 fully saturated rings. The molecule has 0 aromatic rings. The molecule has 2 atom stereocenters. The molecule has 0 aromatic carbocycles. The minimum atomic E-state index is -2.00. The molecule has 0 N–H and O–H groups in total. The van der Waals surface area contributed by atoms with Crippen molar-refractivity contribution in [3.8, 4) is 6.07 Å². The highest BCUT2D eigenvalue weighted by atomic mass is 35.5. The van der Waals surface area contributed by atoms with Crippen molar-refractivity contribution in [1.29, 1.82) is 5.26 Å². The second kappa shape index (κ2) is 5.94. The van der Waals surface area contributed by atoms with E-state index in [0.717, 1.165) is 0 Å². The minimum absolute atomic E-state index is 0.0959. The van der Waals surface area contributed by atoms with Crippen LogP contribution in [-0.2, 0) is 14.3 Å². The summed E-state index contributed by atoms with van der Waals surface area (Å²) in [5.41, 5.74) is 0. The van der Waals surface area contributed by atoms with Gasteiger partial charge in [-0.15, -0.1) is 11.6 Å². The van der Waals surface area contributed by atoms with E-state index in [9.17, 15) is 9.59 Å². The Morgan fingerprint density at radius 2 is 2.13 bits per heavy atom. The maximum atomic E-state index is 11.3. The molecule has 0 aliphatic rings. The Hall–Kier alpha value is -0.790. The molecule has 0 saturated heterocycles. The van der Waals surface area contributed by atoms with E-state index >= 15 is 0 Å². The van der Waals surface area contributed by atoms with Crippen molar-refractivity contribution in [2.45, 2.75) is 30.5 Å². The number of nitrogens with zero attached hydrogens (tertiary/aromatic N) is 1. The number of carbonyl (C=O) groups is 2. The van der Waals surface area contributed by atoms with Gasteiger partial charge in [0.05, 0.1) is 18.1 Å². The molecule has 0 bridgehead atoms. The molecule has 0 heterocycles. The van der Waals surface area contributed by atoms with Gasteiger partial charge in [-0.2, -0.15) is 5.26 Å². The fraction of sp³-hybridized carbons (Fsp3) is 0.667. The Labute approximate surface area is 98.1 Å². The van der Waals surface area contributed by atoms with Gasteiger partial charge in [0.25, 0.3) is 0 Å². The van der Waals surface area contributed by atoms with Gasteiger partial charge in [-0.05, 0) is 13.8 Å². The lowest BCUT2D eigenvalue weighted by molar-refractivity contribution is -0.144. The lowest BCUT2D eigenvalue weighted by Gasteiger charge is -2.21. The summed E-state index contributed by atoms with van der Waals surface area (Å²) in [5.74, 6) is -1.17. The van der Waals surface area contributed by atoms with Crippen LogP contribution in [0.25, 0.3) is 0 Å². The van der Waals surface area contributed by atoms with Crippen LogP contribution in [-0.4, -0.2) is 28.6 Å². The summed E-state index contributed by atoms with van der Waals surface area (Å²) in [5, 5.41) is 7.69. The Kier molecular flexibility index (Phi) is 5.63. The van der Waals surface area contributed by atoms with Crippen LogP contribution in [0.5, 0.6) is 0 Å². The Balaban J connectivity index is 4.77. The largest absolute Gasteiger partial charge is 0.464 e. The zero-order valence-corrected chi connectivity index (χ0v) is 9.93. The monoisotopic (exact) mass is 251 g/mol. The summed E-state index contributed by atoms with van der Waals surface area (Å²) in [4.78, 5) is 20.1. The molecule has 4 nitrogen and oxygen atoms in total. The first-order chi connectivity index (χ1) is 6.88. The second-order valence-electron chi connectivity index (χ2n) is 2.92. The second-order valence-corrected chi connectivity index (χ2v) is 4.04. The number of ketones is 1. The quantitative estimate of drug-likeness (QED) is 0.551. The van der Waals surface area contributed by atoms with Gasteiger partial charge in [0.1, 0.15) is 5.78 Å². The van der Waals surface area contributed by atoms with Crippen LogP contribution in [0, 0.1) is 11.3 Å². The molecule has 0 radical (unpaired) electrons. The number of rotatable bonds is 5. The van der Waals surface area contributed by atoms with Gasteiger partial charge in [-0.25, -0.2) is 4.79 Å². The molecular formula is C9H11Cl2NO3. The molecule has 0 saturated carbocycles. The van der Waals surface area contributed by atoms with Crippen molar-refractivity contribution in [3.05, 3.63) is 0 Å².